The molecule has 7 nitrogen and oxygen atoms in total. The Kier molecular flexibility index (Phi) is 5.93. The van der Waals surface area contributed by atoms with E-state index < -0.39 is 17.1 Å². The molecular weight excluding hydrogens is 284 g/mol. The number of nitrogens with zero attached hydrogens (tertiary/aromatic N) is 1. The fraction of sp³-hybridized carbons (Fsp3) is 0.417. The van der Waals surface area contributed by atoms with Gasteiger partial charge in [0.05, 0.1) is 11.0 Å². The summed E-state index contributed by atoms with van der Waals surface area (Å²) in [7, 11) is 0. The number of nitrogen functional groups attached to an aromatic ring is 1. The number of hydrogen-bond acceptors (Lipinski definition) is 7. The summed E-state index contributed by atoms with van der Waals surface area (Å²) in [5.41, 5.74) is 5.35. The van der Waals surface area contributed by atoms with E-state index in [-0.39, 0.29) is 28.5 Å². The average Bonchev–Trinajstić information content (AvgIpc) is 2.37. The molecule has 0 aliphatic heterocycles. The van der Waals surface area contributed by atoms with Gasteiger partial charge in [0, 0.05) is 18.7 Å². The van der Waals surface area contributed by atoms with Crippen LogP contribution in [0.25, 0.3) is 0 Å². The van der Waals surface area contributed by atoms with Gasteiger partial charge in [0.1, 0.15) is 11.8 Å². The molecule has 110 valence electrons. The van der Waals surface area contributed by atoms with Crippen molar-refractivity contribution in [3.8, 4) is 0 Å². The van der Waals surface area contributed by atoms with E-state index in [1.165, 1.54) is 19.1 Å². The highest BCUT2D eigenvalue weighted by atomic mass is 32.2. The van der Waals surface area contributed by atoms with Gasteiger partial charge >= 0.3 is 0 Å². The molecule has 0 aliphatic rings. The molecule has 0 heterocycles. The van der Waals surface area contributed by atoms with Crippen LogP contribution < -0.4 is 5.73 Å². The second kappa shape index (κ2) is 7.22. The van der Waals surface area contributed by atoms with Crippen LogP contribution >= 0.6 is 11.8 Å². The van der Waals surface area contributed by atoms with Crippen LogP contribution in [0.15, 0.2) is 18.2 Å². The quantitative estimate of drug-likeness (QED) is 0.410. The lowest BCUT2D eigenvalue weighted by molar-refractivity contribution is -0.384. The van der Waals surface area contributed by atoms with E-state index >= 15 is 0 Å². The molecule has 1 aromatic carbocycles. The van der Waals surface area contributed by atoms with Gasteiger partial charge in [-0.1, -0.05) is 17.8 Å². The molecule has 0 aromatic heterocycles. The number of nitro benzene ring substituents is 1. The molecule has 4 N–H and O–H groups in total. The van der Waals surface area contributed by atoms with Crippen molar-refractivity contribution in [3.05, 3.63) is 33.9 Å². The Labute approximate surface area is 119 Å². The molecule has 0 saturated heterocycles. The monoisotopic (exact) mass is 300 g/mol. The minimum absolute atomic E-state index is 0.00687. The minimum atomic E-state index is -1.26. The Bertz CT molecular complexity index is 509. The predicted octanol–water partition coefficient (Wildman–Crippen LogP) is 1.24. The first-order valence-electron chi connectivity index (χ1n) is 5.86. The van der Waals surface area contributed by atoms with Gasteiger partial charge in [0.15, 0.2) is 5.12 Å². The summed E-state index contributed by atoms with van der Waals surface area (Å²) in [5.74, 6) is 0.366. The lowest BCUT2D eigenvalue weighted by Gasteiger charge is -2.17. The lowest BCUT2D eigenvalue weighted by atomic mass is 10.0. The average molecular weight is 300 g/mol. The zero-order valence-corrected chi connectivity index (χ0v) is 11.7. The highest BCUT2D eigenvalue weighted by Gasteiger charge is 2.21. The normalized spacial score (nSPS) is 13.8. The summed E-state index contributed by atoms with van der Waals surface area (Å²) in [6.45, 7) is 1.41. The van der Waals surface area contributed by atoms with E-state index in [0.29, 0.717) is 5.75 Å². The van der Waals surface area contributed by atoms with E-state index in [9.17, 15) is 25.1 Å². The third kappa shape index (κ3) is 4.48. The molecule has 1 aromatic rings. The van der Waals surface area contributed by atoms with Gasteiger partial charge in [-0.15, -0.1) is 0 Å². The third-order valence-electron chi connectivity index (χ3n) is 2.68. The van der Waals surface area contributed by atoms with Gasteiger partial charge < -0.3 is 15.9 Å². The molecule has 2 atom stereocenters. The van der Waals surface area contributed by atoms with Crippen molar-refractivity contribution in [2.24, 2.45) is 0 Å². The predicted molar refractivity (Wildman–Crippen MR) is 76.2 cm³/mol. The summed E-state index contributed by atoms with van der Waals surface area (Å²) < 4.78 is 0. The Morgan fingerprint density at radius 2 is 2.15 bits per heavy atom. The number of aliphatic hydroxyl groups is 2. The van der Waals surface area contributed by atoms with Gasteiger partial charge in [0.2, 0.25) is 0 Å². The van der Waals surface area contributed by atoms with E-state index in [2.05, 4.69) is 0 Å². The third-order valence-corrected chi connectivity index (χ3v) is 3.52. The topological polar surface area (TPSA) is 127 Å². The molecule has 0 fully saturated rings. The van der Waals surface area contributed by atoms with Crippen molar-refractivity contribution in [2.75, 3.05) is 11.5 Å². The number of benzene rings is 1. The molecule has 8 heteroatoms. The van der Waals surface area contributed by atoms with Gasteiger partial charge in [0.25, 0.3) is 5.69 Å². The lowest BCUT2D eigenvalue weighted by Crippen LogP contribution is -2.19. The Morgan fingerprint density at radius 3 is 2.70 bits per heavy atom. The number of hydrogen-bond donors (Lipinski definition) is 3. The van der Waals surface area contributed by atoms with Crippen molar-refractivity contribution < 1.29 is 19.9 Å². The first-order chi connectivity index (χ1) is 9.32. The second-order valence-electron chi connectivity index (χ2n) is 4.22. The molecule has 0 aliphatic carbocycles. The Morgan fingerprint density at radius 1 is 1.50 bits per heavy atom. The van der Waals surface area contributed by atoms with E-state index in [0.717, 1.165) is 17.8 Å². The van der Waals surface area contributed by atoms with E-state index in [4.69, 9.17) is 5.73 Å². The number of nitro groups is 1. The van der Waals surface area contributed by atoms with Crippen LogP contribution in [0.4, 0.5) is 11.4 Å². The molecular formula is C12H16N2O5S. The molecule has 0 saturated carbocycles. The largest absolute Gasteiger partial charge is 0.393 e. The zero-order valence-electron chi connectivity index (χ0n) is 10.9. The fourth-order valence-corrected chi connectivity index (χ4v) is 2.25. The number of aliphatic hydroxyl groups excluding tert-OH is 2. The molecule has 0 amide bonds. The van der Waals surface area contributed by atoms with Crippen LogP contribution in [0, 0.1) is 10.1 Å². The molecule has 20 heavy (non-hydrogen) atoms. The van der Waals surface area contributed by atoms with Crippen LogP contribution in [-0.2, 0) is 4.79 Å². The van der Waals surface area contributed by atoms with Crippen LogP contribution in [0.2, 0.25) is 0 Å². The first kappa shape index (κ1) is 16.4. The van der Waals surface area contributed by atoms with Gasteiger partial charge in [-0.2, -0.15) is 0 Å². The number of nitrogens with two attached hydrogens (primary N) is 1. The van der Waals surface area contributed by atoms with E-state index in [1.807, 2.05) is 0 Å². The van der Waals surface area contributed by atoms with Gasteiger partial charge in [-0.25, -0.2) is 0 Å². The standard InChI is InChI=1S/C12H16N2O5S/c1-7(15)20-5-4-11(16)12(17)8-2-3-9(13)10(6-8)14(18)19/h2-3,6,11-12,16-17H,4-5,13H2,1H3. The highest BCUT2D eigenvalue weighted by molar-refractivity contribution is 8.13. The van der Waals surface area contributed by atoms with Crippen molar-refractivity contribution in [3.63, 3.8) is 0 Å². The SMILES string of the molecule is CC(=O)SCCC(O)C(O)c1ccc(N)c([N+](=O)[O-])c1. The number of carbonyl (C=O) groups excluding carboxylic acids is 1. The maximum atomic E-state index is 10.8. The van der Waals surface area contributed by atoms with Crippen molar-refractivity contribution >= 4 is 28.3 Å². The van der Waals surface area contributed by atoms with Crippen LogP contribution in [0.5, 0.6) is 0 Å². The number of rotatable bonds is 6. The van der Waals surface area contributed by atoms with Crippen LogP contribution in [0.1, 0.15) is 25.0 Å². The van der Waals surface area contributed by atoms with Crippen molar-refractivity contribution in [1.29, 1.82) is 0 Å². The van der Waals surface area contributed by atoms with E-state index in [1.54, 1.807) is 0 Å². The molecule has 0 bridgehead atoms. The van der Waals surface area contributed by atoms with Crippen LogP contribution in [0.3, 0.4) is 0 Å². The van der Waals surface area contributed by atoms with Crippen LogP contribution in [-0.4, -0.2) is 32.1 Å². The Hall–Kier alpha value is -1.64. The summed E-state index contributed by atoms with van der Waals surface area (Å²) in [6.07, 6.45) is -2.17. The number of carbonyl (C=O) groups is 1. The molecule has 1 rings (SSSR count). The number of thioether (sulfide) groups is 1. The highest BCUT2D eigenvalue weighted by Crippen LogP contribution is 2.28. The van der Waals surface area contributed by atoms with Gasteiger partial charge in [-0.3, -0.25) is 14.9 Å². The maximum Gasteiger partial charge on any atom is 0.292 e. The molecule has 0 spiro atoms. The Balaban J connectivity index is 2.76. The first-order valence-corrected chi connectivity index (χ1v) is 6.84. The summed E-state index contributed by atoms with van der Waals surface area (Å²) in [6, 6.07) is 3.88. The summed E-state index contributed by atoms with van der Waals surface area (Å²) in [4.78, 5) is 20.9. The summed E-state index contributed by atoms with van der Waals surface area (Å²) in [5, 5.41) is 30.4. The van der Waals surface area contributed by atoms with Crippen molar-refractivity contribution in [1.82, 2.24) is 0 Å². The zero-order chi connectivity index (χ0) is 15.3. The fourth-order valence-electron chi connectivity index (χ4n) is 1.61. The van der Waals surface area contributed by atoms with Crippen molar-refractivity contribution in [2.45, 2.75) is 25.6 Å². The van der Waals surface area contributed by atoms with Gasteiger partial charge in [-0.05, 0) is 18.1 Å². The smallest absolute Gasteiger partial charge is 0.292 e. The number of anilines is 1. The molecule has 0 radical (unpaired) electrons. The minimum Gasteiger partial charge on any atom is -0.393 e. The second-order valence-corrected chi connectivity index (χ2v) is 5.49. The summed E-state index contributed by atoms with van der Waals surface area (Å²) >= 11 is 1.04. The molecule has 2 unspecified atom stereocenters. The maximum absolute atomic E-state index is 10.8.